The minimum atomic E-state index is -3.73. The average molecular weight is 410 g/mol. The number of benzene rings is 2. The van der Waals surface area contributed by atoms with Crippen LogP contribution in [0, 0.1) is 0 Å². The quantitative estimate of drug-likeness (QED) is 0.684. The fourth-order valence-electron chi connectivity index (χ4n) is 2.89. The average Bonchev–Trinajstić information content (AvgIpc) is 2.70. The van der Waals surface area contributed by atoms with Crippen LogP contribution < -0.4 is 23.7 Å². The molecular weight excluding hydrogens is 382 g/mol. The summed E-state index contributed by atoms with van der Waals surface area (Å²) in [7, 11) is 2.35. The highest BCUT2D eigenvalue weighted by Gasteiger charge is 2.20. The molecule has 8 heteroatoms. The molecule has 0 amide bonds. The van der Waals surface area contributed by atoms with E-state index in [1.807, 2.05) is 13.8 Å². The molecule has 0 aromatic heterocycles. The number of sulfonamides is 1. The summed E-state index contributed by atoms with van der Waals surface area (Å²) in [6.45, 7) is 4.00. The van der Waals surface area contributed by atoms with Crippen molar-refractivity contribution in [3.63, 3.8) is 0 Å². The fraction of sp³-hybridized carbons (Fsp3) is 0.400. The molecular formula is C20H27NO6S. The topological polar surface area (TPSA) is 83.1 Å². The van der Waals surface area contributed by atoms with E-state index in [4.69, 9.17) is 18.9 Å². The van der Waals surface area contributed by atoms with Gasteiger partial charge in [0.25, 0.3) is 0 Å². The van der Waals surface area contributed by atoms with Crippen molar-refractivity contribution >= 4 is 10.0 Å². The van der Waals surface area contributed by atoms with Gasteiger partial charge in [-0.2, -0.15) is 0 Å². The molecule has 0 bridgehead atoms. The molecule has 7 nitrogen and oxygen atoms in total. The summed E-state index contributed by atoms with van der Waals surface area (Å²) in [5.74, 6) is 2.12. The Labute approximate surface area is 166 Å². The standard InChI is InChI=1S/C20H27NO6S/c1-13(2)16-11-15(8-10-17(16)24-3)28(22,23)21-12-14-7-9-18(25-4)20(27-6)19(14)26-5/h7-11,13,21H,12H2,1-6H3. The number of nitrogens with one attached hydrogen (secondary N) is 1. The minimum Gasteiger partial charge on any atom is -0.496 e. The van der Waals surface area contributed by atoms with Crippen molar-refractivity contribution < 1.29 is 27.4 Å². The van der Waals surface area contributed by atoms with Gasteiger partial charge in [-0.3, -0.25) is 0 Å². The van der Waals surface area contributed by atoms with E-state index in [1.54, 1.807) is 31.4 Å². The molecule has 0 fully saturated rings. The van der Waals surface area contributed by atoms with Crippen molar-refractivity contribution in [2.45, 2.75) is 31.2 Å². The highest BCUT2D eigenvalue weighted by atomic mass is 32.2. The summed E-state index contributed by atoms with van der Waals surface area (Å²) in [6, 6.07) is 8.27. The molecule has 0 atom stereocenters. The van der Waals surface area contributed by atoms with Crippen LogP contribution in [0.5, 0.6) is 23.0 Å². The maximum absolute atomic E-state index is 12.8. The lowest BCUT2D eigenvalue weighted by Gasteiger charge is -2.17. The monoisotopic (exact) mass is 409 g/mol. The van der Waals surface area contributed by atoms with Crippen molar-refractivity contribution in [2.75, 3.05) is 28.4 Å². The van der Waals surface area contributed by atoms with Crippen LogP contribution in [0.25, 0.3) is 0 Å². The molecule has 0 aliphatic heterocycles. The van der Waals surface area contributed by atoms with Gasteiger partial charge >= 0.3 is 0 Å². The third-order valence-corrected chi connectivity index (χ3v) is 5.77. The molecule has 0 unspecified atom stereocenters. The molecule has 2 aromatic rings. The van der Waals surface area contributed by atoms with Crippen LogP contribution in [0.1, 0.15) is 30.9 Å². The van der Waals surface area contributed by atoms with Gasteiger partial charge in [-0.15, -0.1) is 0 Å². The van der Waals surface area contributed by atoms with Crippen molar-refractivity contribution in [1.82, 2.24) is 4.72 Å². The molecule has 2 aromatic carbocycles. The van der Waals surface area contributed by atoms with Crippen LogP contribution in [0.3, 0.4) is 0 Å². The first-order chi connectivity index (χ1) is 13.3. The highest BCUT2D eigenvalue weighted by molar-refractivity contribution is 7.89. The van der Waals surface area contributed by atoms with E-state index < -0.39 is 10.0 Å². The normalized spacial score (nSPS) is 11.4. The third-order valence-electron chi connectivity index (χ3n) is 4.37. The molecule has 154 valence electrons. The van der Waals surface area contributed by atoms with Crippen molar-refractivity contribution in [1.29, 1.82) is 0 Å². The van der Waals surface area contributed by atoms with Crippen LogP contribution in [-0.2, 0) is 16.6 Å². The predicted octanol–water partition coefficient (Wildman–Crippen LogP) is 3.32. The molecule has 0 aliphatic rings. The lowest BCUT2D eigenvalue weighted by Crippen LogP contribution is -2.23. The number of rotatable bonds is 9. The fourth-order valence-corrected chi connectivity index (χ4v) is 3.93. The van der Waals surface area contributed by atoms with E-state index >= 15 is 0 Å². The third kappa shape index (κ3) is 4.51. The molecule has 0 aliphatic carbocycles. The van der Waals surface area contributed by atoms with Gasteiger partial charge in [0.1, 0.15) is 5.75 Å². The second-order valence-electron chi connectivity index (χ2n) is 6.38. The summed E-state index contributed by atoms with van der Waals surface area (Å²) in [5.41, 5.74) is 1.45. The Balaban J connectivity index is 2.33. The molecule has 2 rings (SSSR count). The molecule has 0 saturated carbocycles. The van der Waals surface area contributed by atoms with Crippen LogP contribution in [0.15, 0.2) is 35.2 Å². The van der Waals surface area contributed by atoms with Gasteiger partial charge in [-0.05, 0) is 35.7 Å². The highest BCUT2D eigenvalue weighted by Crippen LogP contribution is 2.39. The molecule has 0 saturated heterocycles. The van der Waals surface area contributed by atoms with E-state index in [1.165, 1.54) is 27.4 Å². The zero-order valence-electron chi connectivity index (χ0n) is 17.0. The molecule has 0 spiro atoms. The zero-order chi connectivity index (χ0) is 20.9. The van der Waals surface area contributed by atoms with Gasteiger partial charge in [-0.1, -0.05) is 19.9 Å². The SMILES string of the molecule is COc1ccc(S(=O)(=O)NCc2ccc(OC)c(OC)c2OC)cc1C(C)C. The molecule has 0 radical (unpaired) electrons. The van der Waals surface area contributed by atoms with Gasteiger partial charge in [0, 0.05) is 12.1 Å². The van der Waals surface area contributed by atoms with Crippen molar-refractivity contribution in [3.8, 4) is 23.0 Å². The van der Waals surface area contributed by atoms with E-state index in [-0.39, 0.29) is 17.4 Å². The largest absolute Gasteiger partial charge is 0.496 e. The Kier molecular flexibility index (Phi) is 7.15. The summed E-state index contributed by atoms with van der Waals surface area (Å²) in [4.78, 5) is 0.177. The lowest BCUT2D eigenvalue weighted by molar-refractivity contribution is 0.322. The Bertz CT molecular complexity index is 925. The number of hydrogen-bond donors (Lipinski definition) is 1. The van der Waals surface area contributed by atoms with E-state index in [0.717, 1.165) is 5.56 Å². The Morgan fingerprint density at radius 3 is 2.00 bits per heavy atom. The van der Waals surface area contributed by atoms with Crippen LogP contribution in [0.2, 0.25) is 0 Å². The van der Waals surface area contributed by atoms with E-state index in [0.29, 0.717) is 28.6 Å². The summed E-state index contributed by atoms with van der Waals surface area (Å²) in [5, 5.41) is 0. The van der Waals surface area contributed by atoms with Gasteiger partial charge in [0.05, 0.1) is 33.3 Å². The second kappa shape index (κ2) is 9.16. The van der Waals surface area contributed by atoms with Crippen molar-refractivity contribution in [3.05, 3.63) is 41.5 Å². The maximum atomic E-state index is 12.8. The van der Waals surface area contributed by atoms with Crippen LogP contribution in [0.4, 0.5) is 0 Å². The maximum Gasteiger partial charge on any atom is 0.240 e. The van der Waals surface area contributed by atoms with Crippen LogP contribution >= 0.6 is 0 Å². The number of methoxy groups -OCH3 is 4. The summed E-state index contributed by atoms with van der Waals surface area (Å²) >= 11 is 0. The summed E-state index contributed by atoms with van der Waals surface area (Å²) in [6.07, 6.45) is 0. The van der Waals surface area contributed by atoms with Gasteiger partial charge in [0.15, 0.2) is 11.5 Å². The second-order valence-corrected chi connectivity index (χ2v) is 8.14. The first-order valence-electron chi connectivity index (χ1n) is 8.74. The van der Waals surface area contributed by atoms with Crippen LogP contribution in [-0.4, -0.2) is 36.9 Å². The minimum absolute atomic E-state index is 0.0366. The molecule has 28 heavy (non-hydrogen) atoms. The van der Waals surface area contributed by atoms with Gasteiger partial charge < -0.3 is 18.9 Å². The summed E-state index contributed by atoms with van der Waals surface area (Å²) < 4.78 is 49.6. The Morgan fingerprint density at radius 1 is 0.857 bits per heavy atom. The van der Waals surface area contributed by atoms with E-state index in [2.05, 4.69) is 4.72 Å². The number of hydrogen-bond acceptors (Lipinski definition) is 6. The van der Waals surface area contributed by atoms with Gasteiger partial charge in [-0.25, -0.2) is 13.1 Å². The molecule has 0 heterocycles. The zero-order valence-corrected chi connectivity index (χ0v) is 17.8. The smallest absolute Gasteiger partial charge is 0.240 e. The lowest BCUT2D eigenvalue weighted by atomic mass is 10.0. The van der Waals surface area contributed by atoms with E-state index in [9.17, 15) is 8.42 Å². The van der Waals surface area contributed by atoms with Gasteiger partial charge in [0.2, 0.25) is 15.8 Å². The van der Waals surface area contributed by atoms with Crippen molar-refractivity contribution in [2.24, 2.45) is 0 Å². The Morgan fingerprint density at radius 2 is 1.46 bits per heavy atom. The first kappa shape index (κ1) is 21.8. The molecule has 1 N–H and O–H groups in total. The first-order valence-corrected chi connectivity index (χ1v) is 10.2. The predicted molar refractivity (Wildman–Crippen MR) is 107 cm³/mol. The Hall–Kier alpha value is -2.45. The number of ether oxygens (including phenoxy) is 4.